The first-order valence-electron chi connectivity index (χ1n) is 7.01. The molecule has 22 heavy (non-hydrogen) atoms. The third-order valence-electron chi connectivity index (χ3n) is 3.54. The third-order valence-corrected chi connectivity index (χ3v) is 4.56. The Balaban J connectivity index is 0.00000176. The zero-order valence-electron chi connectivity index (χ0n) is 12.3. The summed E-state index contributed by atoms with van der Waals surface area (Å²) in [6.07, 6.45) is 1.82. The molecule has 2 aromatic heterocycles. The van der Waals surface area contributed by atoms with Crippen LogP contribution in [0.3, 0.4) is 0 Å². The molecule has 1 fully saturated rings. The predicted molar refractivity (Wildman–Crippen MR) is 93.6 cm³/mol. The molecule has 0 aliphatic carbocycles. The minimum absolute atomic E-state index is 0. The number of thiophene rings is 1. The first-order valence-corrected chi connectivity index (χ1v) is 7.89. The second-order valence-corrected chi connectivity index (χ2v) is 5.94. The van der Waals surface area contributed by atoms with E-state index < -0.39 is 0 Å². The number of hydrogen-bond acceptors (Lipinski definition) is 5. The molecule has 0 spiro atoms. The van der Waals surface area contributed by atoms with Gasteiger partial charge < -0.3 is 15.5 Å². The van der Waals surface area contributed by atoms with Crippen LogP contribution in [0.2, 0.25) is 0 Å². The second kappa shape index (κ2) is 7.58. The number of piperazine rings is 1. The first kappa shape index (κ1) is 16.7. The normalized spacial score (nSPS) is 14.3. The summed E-state index contributed by atoms with van der Waals surface area (Å²) in [6.45, 7) is 5.90. The lowest BCUT2D eigenvalue weighted by atomic mass is 10.3. The van der Waals surface area contributed by atoms with Gasteiger partial charge in [-0.1, -0.05) is 0 Å². The number of carbonyl (C=O) groups excluding carboxylic acids is 1. The van der Waals surface area contributed by atoms with Crippen molar-refractivity contribution in [3.63, 3.8) is 0 Å². The molecule has 118 valence electrons. The molecular weight excluding hydrogens is 320 g/mol. The quantitative estimate of drug-likeness (QED) is 0.903. The molecule has 7 heteroatoms. The highest BCUT2D eigenvalue weighted by molar-refractivity contribution is 7.12. The van der Waals surface area contributed by atoms with Crippen molar-refractivity contribution in [1.82, 2.24) is 10.3 Å². The predicted octanol–water partition coefficient (Wildman–Crippen LogP) is 2.54. The first-order chi connectivity index (χ1) is 10.2. The lowest BCUT2D eigenvalue weighted by molar-refractivity contribution is 0.102. The Hall–Kier alpha value is -1.63. The van der Waals surface area contributed by atoms with Gasteiger partial charge in [-0.05, 0) is 36.1 Å². The molecule has 1 amide bonds. The van der Waals surface area contributed by atoms with Crippen LogP contribution in [0.1, 0.15) is 15.2 Å². The largest absolute Gasteiger partial charge is 0.368 e. The van der Waals surface area contributed by atoms with E-state index in [1.165, 1.54) is 11.3 Å². The van der Waals surface area contributed by atoms with Gasteiger partial charge in [-0.15, -0.1) is 23.7 Å². The van der Waals surface area contributed by atoms with Gasteiger partial charge in [0, 0.05) is 26.2 Å². The molecule has 1 aliphatic rings. The number of pyridine rings is 1. The molecule has 0 radical (unpaired) electrons. The molecule has 3 rings (SSSR count). The minimum atomic E-state index is -0.0927. The highest BCUT2D eigenvalue weighted by Gasteiger charge is 2.13. The Labute approximate surface area is 140 Å². The topological polar surface area (TPSA) is 57.3 Å². The van der Waals surface area contributed by atoms with Crippen LogP contribution in [0.5, 0.6) is 0 Å². The molecule has 1 saturated heterocycles. The van der Waals surface area contributed by atoms with Gasteiger partial charge in [0.05, 0.1) is 16.8 Å². The van der Waals surface area contributed by atoms with Crippen molar-refractivity contribution in [2.45, 2.75) is 6.92 Å². The number of aromatic nitrogens is 1. The summed E-state index contributed by atoms with van der Waals surface area (Å²) in [5.74, 6) is 0.497. The zero-order valence-corrected chi connectivity index (χ0v) is 14.0. The van der Waals surface area contributed by atoms with E-state index in [0.717, 1.165) is 42.3 Å². The average Bonchev–Trinajstić information content (AvgIpc) is 2.95. The van der Waals surface area contributed by atoms with E-state index in [2.05, 4.69) is 20.5 Å². The summed E-state index contributed by atoms with van der Waals surface area (Å²) in [6, 6.07) is 5.81. The smallest absolute Gasteiger partial charge is 0.267 e. The number of carbonyl (C=O) groups is 1. The van der Waals surface area contributed by atoms with Crippen molar-refractivity contribution < 1.29 is 4.79 Å². The minimum Gasteiger partial charge on any atom is -0.368 e. The maximum absolute atomic E-state index is 12.1. The molecule has 0 aromatic carbocycles. The number of rotatable bonds is 3. The molecule has 0 unspecified atom stereocenters. The standard InChI is InChI=1S/C15H18N4OS.ClH/c1-11-4-9-21-14(11)15(20)18-13-3-2-12(10-17-13)19-7-5-16-6-8-19;/h2-4,9-10,16H,5-8H2,1H3,(H,17,18,20);1H. The highest BCUT2D eigenvalue weighted by Crippen LogP contribution is 2.19. The van der Waals surface area contributed by atoms with Crippen molar-refractivity contribution >= 4 is 41.2 Å². The van der Waals surface area contributed by atoms with Crippen LogP contribution in [-0.4, -0.2) is 37.1 Å². The van der Waals surface area contributed by atoms with Crippen LogP contribution in [-0.2, 0) is 0 Å². The van der Waals surface area contributed by atoms with Gasteiger partial charge in [0.25, 0.3) is 5.91 Å². The Bertz CT molecular complexity index is 623. The number of hydrogen-bond donors (Lipinski definition) is 2. The van der Waals surface area contributed by atoms with E-state index in [4.69, 9.17) is 0 Å². The van der Waals surface area contributed by atoms with Crippen molar-refractivity contribution in [3.8, 4) is 0 Å². The van der Waals surface area contributed by atoms with Crippen molar-refractivity contribution in [1.29, 1.82) is 0 Å². The summed E-state index contributed by atoms with van der Waals surface area (Å²) in [5, 5.41) is 8.09. The van der Waals surface area contributed by atoms with Gasteiger partial charge in [-0.25, -0.2) is 4.98 Å². The molecule has 0 bridgehead atoms. The lowest BCUT2D eigenvalue weighted by Crippen LogP contribution is -2.43. The number of amides is 1. The van der Waals surface area contributed by atoms with E-state index in [1.807, 2.05) is 36.7 Å². The van der Waals surface area contributed by atoms with Crippen molar-refractivity contribution in [3.05, 3.63) is 40.2 Å². The van der Waals surface area contributed by atoms with E-state index in [0.29, 0.717) is 5.82 Å². The third kappa shape index (κ3) is 3.76. The monoisotopic (exact) mass is 338 g/mol. The SMILES string of the molecule is Cc1ccsc1C(=O)Nc1ccc(N2CCNCC2)cn1.Cl. The number of nitrogens with zero attached hydrogens (tertiary/aromatic N) is 2. The summed E-state index contributed by atoms with van der Waals surface area (Å²) < 4.78 is 0. The molecule has 3 heterocycles. The summed E-state index contributed by atoms with van der Waals surface area (Å²) >= 11 is 1.45. The molecule has 2 aromatic rings. The van der Waals surface area contributed by atoms with E-state index in [9.17, 15) is 4.79 Å². The van der Waals surface area contributed by atoms with Crippen LogP contribution >= 0.6 is 23.7 Å². The van der Waals surface area contributed by atoms with Crippen LogP contribution < -0.4 is 15.5 Å². The number of aryl methyl sites for hydroxylation is 1. The van der Waals surface area contributed by atoms with Gasteiger partial charge in [0.15, 0.2) is 0 Å². The molecule has 0 saturated carbocycles. The fourth-order valence-electron chi connectivity index (χ4n) is 2.35. The molecule has 2 N–H and O–H groups in total. The molecule has 0 atom stereocenters. The average molecular weight is 339 g/mol. The Morgan fingerprint density at radius 1 is 1.32 bits per heavy atom. The van der Waals surface area contributed by atoms with Crippen LogP contribution in [0.25, 0.3) is 0 Å². The molecule has 1 aliphatic heterocycles. The fraction of sp³-hybridized carbons (Fsp3) is 0.333. The van der Waals surface area contributed by atoms with Crippen molar-refractivity contribution in [2.24, 2.45) is 0 Å². The van der Waals surface area contributed by atoms with Gasteiger partial charge in [0.2, 0.25) is 0 Å². The molecular formula is C15H19ClN4OS. The second-order valence-electron chi connectivity index (χ2n) is 5.03. The molecule has 5 nitrogen and oxygen atoms in total. The maximum atomic E-state index is 12.1. The van der Waals surface area contributed by atoms with Gasteiger partial charge in [-0.3, -0.25) is 4.79 Å². The fourth-order valence-corrected chi connectivity index (χ4v) is 3.17. The van der Waals surface area contributed by atoms with E-state index >= 15 is 0 Å². The van der Waals surface area contributed by atoms with Crippen molar-refractivity contribution in [2.75, 3.05) is 36.4 Å². The lowest BCUT2D eigenvalue weighted by Gasteiger charge is -2.29. The summed E-state index contributed by atoms with van der Waals surface area (Å²) in [7, 11) is 0. The van der Waals surface area contributed by atoms with Crippen LogP contribution in [0.4, 0.5) is 11.5 Å². The Kier molecular flexibility index (Phi) is 5.76. The van der Waals surface area contributed by atoms with Crippen LogP contribution in [0.15, 0.2) is 29.8 Å². The summed E-state index contributed by atoms with van der Waals surface area (Å²) in [5.41, 5.74) is 2.09. The highest BCUT2D eigenvalue weighted by atomic mass is 35.5. The Morgan fingerprint density at radius 2 is 2.09 bits per heavy atom. The maximum Gasteiger partial charge on any atom is 0.267 e. The zero-order chi connectivity index (χ0) is 14.7. The Morgan fingerprint density at radius 3 is 2.68 bits per heavy atom. The van der Waals surface area contributed by atoms with Gasteiger partial charge >= 0.3 is 0 Å². The van der Waals surface area contributed by atoms with E-state index in [1.54, 1.807) is 0 Å². The van der Waals surface area contributed by atoms with E-state index in [-0.39, 0.29) is 18.3 Å². The number of anilines is 2. The van der Waals surface area contributed by atoms with Gasteiger partial charge in [-0.2, -0.15) is 0 Å². The number of nitrogens with one attached hydrogen (secondary N) is 2. The van der Waals surface area contributed by atoms with Crippen LogP contribution in [0, 0.1) is 6.92 Å². The van der Waals surface area contributed by atoms with Gasteiger partial charge in [0.1, 0.15) is 5.82 Å². The number of halogens is 1. The summed E-state index contributed by atoms with van der Waals surface area (Å²) in [4.78, 5) is 19.5.